The summed E-state index contributed by atoms with van der Waals surface area (Å²) in [7, 11) is -3.23. The third-order valence-electron chi connectivity index (χ3n) is 2.74. The second kappa shape index (κ2) is 8.68. The lowest BCUT2D eigenvalue weighted by Crippen LogP contribution is -2.26. The first-order valence-electron chi connectivity index (χ1n) is 6.52. The van der Waals surface area contributed by atoms with Gasteiger partial charge in [-0.05, 0) is 18.4 Å². The Labute approximate surface area is 115 Å². The molecule has 0 aliphatic heterocycles. The van der Waals surface area contributed by atoms with Gasteiger partial charge in [0.15, 0.2) is 0 Å². The third-order valence-corrected chi connectivity index (χ3v) is 4.09. The van der Waals surface area contributed by atoms with Crippen molar-refractivity contribution in [2.75, 3.05) is 6.54 Å². The Kier molecular flexibility index (Phi) is 7.16. The van der Waals surface area contributed by atoms with E-state index in [0.717, 1.165) is 31.2 Å². The second-order valence-electron chi connectivity index (χ2n) is 4.46. The number of nitrogens with zero attached hydrogens (tertiary/aromatic N) is 1. The molecule has 0 spiro atoms. The van der Waals surface area contributed by atoms with Crippen LogP contribution in [0.4, 0.5) is 0 Å². The maximum Gasteiger partial charge on any atom is 0.215 e. The zero-order valence-corrected chi connectivity index (χ0v) is 11.8. The van der Waals surface area contributed by atoms with Gasteiger partial charge in [0, 0.05) is 13.0 Å². The molecule has 1 rings (SSSR count). The Morgan fingerprint density at radius 2 is 1.74 bits per heavy atom. The monoisotopic (exact) mass is 280 g/mol. The highest BCUT2D eigenvalue weighted by molar-refractivity contribution is 7.88. The van der Waals surface area contributed by atoms with E-state index in [-0.39, 0.29) is 5.75 Å². The molecule has 1 aromatic carbocycles. The summed E-state index contributed by atoms with van der Waals surface area (Å²) in [4.78, 5) is 0. The molecule has 0 saturated carbocycles. The zero-order valence-electron chi connectivity index (χ0n) is 11.0. The van der Waals surface area contributed by atoms with Crippen LogP contribution >= 0.6 is 0 Å². The first kappa shape index (κ1) is 15.7. The van der Waals surface area contributed by atoms with Crippen molar-refractivity contribution in [3.8, 4) is 6.07 Å². The van der Waals surface area contributed by atoms with Crippen LogP contribution in [0.3, 0.4) is 0 Å². The molecule has 0 aliphatic rings. The van der Waals surface area contributed by atoms with Crippen molar-refractivity contribution in [1.29, 1.82) is 5.26 Å². The summed E-state index contributed by atoms with van der Waals surface area (Å²) >= 11 is 0. The molecule has 0 aliphatic carbocycles. The molecule has 5 heteroatoms. The van der Waals surface area contributed by atoms with E-state index in [1.807, 2.05) is 18.2 Å². The van der Waals surface area contributed by atoms with Crippen LogP contribution in [-0.2, 0) is 15.8 Å². The summed E-state index contributed by atoms with van der Waals surface area (Å²) < 4.78 is 26.2. The van der Waals surface area contributed by atoms with Gasteiger partial charge in [0.25, 0.3) is 0 Å². The van der Waals surface area contributed by atoms with E-state index >= 15 is 0 Å². The summed E-state index contributed by atoms with van der Waals surface area (Å²) in [5.41, 5.74) is 0.795. The van der Waals surface area contributed by atoms with Crippen molar-refractivity contribution < 1.29 is 8.42 Å². The molecule has 104 valence electrons. The Hall–Kier alpha value is -1.38. The molecule has 0 saturated heterocycles. The number of rotatable bonds is 9. The highest BCUT2D eigenvalue weighted by Gasteiger charge is 2.09. The summed E-state index contributed by atoms with van der Waals surface area (Å²) in [6.07, 6.45) is 4.23. The summed E-state index contributed by atoms with van der Waals surface area (Å²) in [6, 6.07) is 11.2. The molecular weight excluding hydrogens is 260 g/mol. The van der Waals surface area contributed by atoms with Gasteiger partial charge in [-0.2, -0.15) is 5.26 Å². The van der Waals surface area contributed by atoms with E-state index < -0.39 is 10.0 Å². The predicted molar refractivity (Wildman–Crippen MR) is 75.8 cm³/mol. The van der Waals surface area contributed by atoms with Gasteiger partial charge in [0.2, 0.25) is 10.0 Å². The molecule has 0 amide bonds. The fourth-order valence-corrected chi connectivity index (χ4v) is 2.94. The van der Waals surface area contributed by atoms with Crippen LogP contribution in [0.1, 0.15) is 37.7 Å². The molecule has 1 N–H and O–H groups in total. The lowest BCUT2D eigenvalue weighted by molar-refractivity contribution is 0.571. The number of hydrogen-bond acceptors (Lipinski definition) is 3. The maximum absolute atomic E-state index is 11.8. The van der Waals surface area contributed by atoms with Crippen molar-refractivity contribution in [2.24, 2.45) is 0 Å². The number of sulfonamides is 1. The normalized spacial score (nSPS) is 11.1. The van der Waals surface area contributed by atoms with Crippen molar-refractivity contribution in [3.63, 3.8) is 0 Å². The number of hydrogen-bond donors (Lipinski definition) is 1. The Bertz CT molecular complexity index is 492. The average Bonchev–Trinajstić information content (AvgIpc) is 2.38. The minimum atomic E-state index is -3.23. The lowest BCUT2D eigenvalue weighted by Gasteiger charge is -2.06. The van der Waals surface area contributed by atoms with Crippen molar-refractivity contribution in [1.82, 2.24) is 4.72 Å². The maximum atomic E-state index is 11.8. The van der Waals surface area contributed by atoms with E-state index in [4.69, 9.17) is 5.26 Å². The minimum Gasteiger partial charge on any atom is -0.215 e. The van der Waals surface area contributed by atoms with Crippen LogP contribution in [0.15, 0.2) is 30.3 Å². The van der Waals surface area contributed by atoms with Gasteiger partial charge < -0.3 is 0 Å². The average molecular weight is 280 g/mol. The molecule has 0 unspecified atom stereocenters. The standard InChI is InChI=1S/C14H20N2O2S/c15-11-7-2-1-3-8-12-16-19(17,18)13-14-9-5-4-6-10-14/h4-6,9-10,16H,1-3,7-8,12-13H2. The van der Waals surface area contributed by atoms with E-state index in [1.54, 1.807) is 12.1 Å². The molecule has 0 bridgehead atoms. The zero-order chi connectivity index (χ0) is 14.0. The van der Waals surface area contributed by atoms with Gasteiger partial charge in [-0.25, -0.2) is 13.1 Å². The highest BCUT2D eigenvalue weighted by atomic mass is 32.2. The molecule has 0 atom stereocenters. The van der Waals surface area contributed by atoms with Crippen molar-refractivity contribution >= 4 is 10.0 Å². The molecule has 0 fully saturated rings. The lowest BCUT2D eigenvalue weighted by atomic mass is 10.1. The van der Waals surface area contributed by atoms with Gasteiger partial charge in [0.1, 0.15) is 0 Å². The van der Waals surface area contributed by atoms with Crippen LogP contribution in [0.2, 0.25) is 0 Å². The van der Waals surface area contributed by atoms with Crippen LogP contribution in [-0.4, -0.2) is 15.0 Å². The molecule has 19 heavy (non-hydrogen) atoms. The van der Waals surface area contributed by atoms with E-state index in [9.17, 15) is 8.42 Å². The minimum absolute atomic E-state index is 0.0300. The summed E-state index contributed by atoms with van der Waals surface area (Å²) in [6.45, 7) is 0.474. The van der Waals surface area contributed by atoms with Crippen LogP contribution < -0.4 is 4.72 Å². The van der Waals surface area contributed by atoms with Gasteiger partial charge in [-0.1, -0.05) is 43.2 Å². The van der Waals surface area contributed by atoms with E-state index in [0.29, 0.717) is 13.0 Å². The summed E-state index contributed by atoms with van der Waals surface area (Å²) in [5.74, 6) is 0.0300. The highest BCUT2D eigenvalue weighted by Crippen LogP contribution is 2.05. The SMILES string of the molecule is N#CCCCCCCNS(=O)(=O)Cc1ccccc1. The van der Waals surface area contributed by atoms with E-state index in [2.05, 4.69) is 10.8 Å². The first-order chi connectivity index (χ1) is 9.14. The molecular formula is C14H20N2O2S. The van der Waals surface area contributed by atoms with Crippen LogP contribution in [0, 0.1) is 11.3 Å². The quantitative estimate of drug-likeness (QED) is 0.707. The van der Waals surface area contributed by atoms with E-state index in [1.165, 1.54) is 0 Å². The molecule has 0 heterocycles. The molecule has 1 aromatic rings. The fourth-order valence-electron chi connectivity index (χ4n) is 1.75. The molecule has 4 nitrogen and oxygen atoms in total. The Morgan fingerprint density at radius 1 is 1.05 bits per heavy atom. The second-order valence-corrected chi connectivity index (χ2v) is 6.27. The number of nitrogens with one attached hydrogen (secondary N) is 1. The van der Waals surface area contributed by atoms with Crippen LogP contribution in [0.5, 0.6) is 0 Å². The number of unbranched alkanes of at least 4 members (excludes halogenated alkanes) is 4. The number of nitriles is 1. The largest absolute Gasteiger partial charge is 0.215 e. The smallest absolute Gasteiger partial charge is 0.215 e. The topological polar surface area (TPSA) is 70.0 Å². The number of benzene rings is 1. The van der Waals surface area contributed by atoms with Crippen molar-refractivity contribution in [3.05, 3.63) is 35.9 Å². The Balaban J connectivity index is 2.19. The molecule has 0 radical (unpaired) electrons. The first-order valence-corrected chi connectivity index (χ1v) is 8.17. The van der Waals surface area contributed by atoms with Crippen molar-refractivity contribution in [2.45, 2.75) is 37.9 Å². The van der Waals surface area contributed by atoms with Gasteiger partial charge in [0.05, 0.1) is 11.8 Å². The molecule has 0 aromatic heterocycles. The van der Waals surface area contributed by atoms with Gasteiger partial charge in [-0.3, -0.25) is 0 Å². The third kappa shape index (κ3) is 7.60. The van der Waals surface area contributed by atoms with Gasteiger partial charge in [-0.15, -0.1) is 0 Å². The van der Waals surface area contributed by atoms with Crippen LogP contribution in [0.25, 0.3) is 0 Å². The summed E-state index contributed by atoms with van der Waals surface area (Å²) in [5, 5.41) is 8.37. The van der Waals surface area contributed by atoms with Gasteiger partial charge >= 0.3 is 0 Å². The predicted octanol–water partition coefficient (Wildman–Crippen LogP) is 2.58. The fraction of sp³-hybridized carbons (Fsp3) is 0.500. The Morgan fingerprint density at radius 3 is 2.42 bits per heavy atom.